The molecule has 3 heterocycles. The van der Waals surface area contributed by atoms with E-state index >= 15 is 0 Å². The van der Waals surface area contributed by atoms with E-state index < -0.39 is 0 Å². The van der Waals surface area contributed by atoms with Crippen LogP contribution in [0, 0.1) is 0 Å². The summed E-state index contributed by atoms with van der Waals surface area (Å²) in [6.07, 6.45) is 4.85. The van der Waals surface area contributed by atoms with E-state index in [-0.39, 0.29) is 12.5 Å². The highest BCUT2D eigenvalue weighted by molar-refractivity contribution is 5.76. The van der Waals surface area contributed by atoms with Gasteiger partial charge in [0.05, 0.1) is 0 Å². The molecule has 1 atom stereocenters. The van der Waals surface area contributed by atoms with Gasteiger partial charge in [-0.2, -0.15) is 4.80 Å². The average molecular weight is 340 g/mol. The summed E-state index contributed by atoms with van der Waals surface area (Å²) in [6, 6.07) is 10.2. The molecule has 4 rings (SSSR count). The first-order valence-corrected chi connectivity index (χ1v) is 9.15. The lowest BCUT2D eigenvalue weighted by Crippen LogP contribution is -2.49. The molecule has 0 bridgehead atoms. The number of rotatable bonds is 4. The summed E-state index contributed by atoms with van der Waals surface area (Å²) in [5.74, 6) is 0.642. The lowest BCUT2D eigenvalue weighted by Gasteiger charge is -2.37. The van der Waals surface area contributed by atoms with Crippen LogP contribution in [-0.4, -0.2) is 68.1 Å². The monoisotopic (exact) mass is 340 g/mol. The molecule has 7 heteroatoms. The van der Waals surface area contributed by atoms with Gasteiger partial charge in [0.15, 0.2) is 0 Å². The van der Waals surface area contributed by atoms with Crippen LogP contribution in [0.15, 0.2) is 30.3 Å². The maximum atomic E-state index is 12.7. The van der Waals surface area contributed by atoms with Crippen molar-refractivity contribution in [1.29, 1.82) is 0 Å². The zero-order chi connectivity index (χ0) is 17.1. The molecule has 2 fully saturated rings. The number of carbonyl (C=O) groups excluding carboxylic acids is 1. The van der Waals surface area contributed by atoms with Gasteiger partial charge in [0.25, 0.3) is 0 Å². The highest BCUT2D eigenvalue weighted by Crippen LogP contribution is 2.20. The van der Waals surface area contributed by atoms with E-state index in [0.717, 1.165) is 25.1 Å². The lowest BCUT2D eigenvalue weighted by molar-refractivity contribution is -0.134. The van der Waals surface area contributed by atoms with Crippen LogP contribution in [0.5, 0.6) is 0 Å². The van der Waals surface area contributed by atoms with E-state index in [0.29, 0.717) is 11.9 Å². The minimum atomic E-state index is 0.0842. The van der Waals surface area contributed by atoms with Crippen molar-refractivity contribution >= 4 is 5.91 Å². The van der Waals surface area contributed by atoms with Crippen LogP contribution in [0.2, 0.25) is 0 Å². The smallest absolute Gasteiger partial charge is 0.246 e. The fourth-order valence-corrected chi connectivity index (χ4v) is 3.82. The van der Waals surface area contributed by atoms with Crippen LogP contribution in [-0.2, 0) is 11.3 Å². The van der Waals surface area contributed by atoms with E-state index in [9.17, 15) is 4.79 Å². The first-order valence-electron chi connectivity index (χ1n) is 9.15. The molecule has 2 saturated heterocycles. The largest absolute Gasteiger partial charge is 0.339 e. The van der Waals surface area contributed by atoms with Crippen LogP contribution in [0.1, 0.15) is 25.7 Å². The maximum absolute atomic E-state index is 12.7. The van der Waals surface area contributed by atoms with Crippen molar-refractivity contribution in [1.82, 2.24) is 30.0 Å². The van der Waals surface area contributed by atoms with Gasteiger partial charge < -0.3 is 4.90 Å². The molecule has 0 aliphatic carbocycles. The SMILES string of the molecule is O=C(Cn1nnc(-c2ccccc2)n1)N1CCC[C@@H](N2CCCC2)C1. The molecule has 2 aliphatic heterocycles. The third-order valence-electron chi connectivity index (χ3n) is 5.17. The molecule has 0 N–H and O–H groups in total. The average Bonchev–Trinajstić information content (AvgIpc) is 3.35. The van der Waals surface area contributed by atoms with E-state index in [1.807, 2.05) is 35.2 Å². The molecule has 2 aliphatic rings. The Hall–Kier alpha value is -2.28. The van der Waals surface area contributed by atoms with Gasteiger partial charge in [0.2, 0.25) is 11.7 Å². The Labute approximate surface area is 147 Å². The van der Waals surface area contributed by atoms with Crippen molar-refractivity contribution in [2.24, 2.45) is 0 Å². The summed E-state index contributed by atoms with van der Waals surface area (Å²) in [5, 5.41) is 12.5. The second kappa shape index (κ2) is 7.31. The van der Waals surface area contributed by atoms with Gasteiger partial charge in [0, 0.05) is 24.7 Å². The van der Waals surface area contributed by atoms with Crippen molar-refractivity contribution in [2.45, 2.75) is 38.3 Å². The van der Waals surface area contributed by atoms with Crippen molar-refractivity contribution in [3.63, 3.8) is 0 Å². The van der Waals surface area contributed by atoms with Crippen LogP contribution in [0.25, 0.3) is 11.4 Å². The number of likely N-dealkylation sites (tertiary alicyclic amines) is 2. The van der Waals surface area contributed by atoms with Crippen molar-refractivity contribution in [3.8, 4) is 11.4 Å². The van der Waals surface area contributed by atoms with E-state index in [2.05, 4.69) is 20.3 Å². The molecule has 0 radical (unpaired) electrons. The van der Waals surface area contributed by atoms with E-state index in [4.69, 9.17) is 0 Å². The predicted octanol–water partition coefficient (Wildman–Crippen LogP) is 1.43. The third kappa shape index (κ3) is 3.71. The zero-order valence-electron chi connectivity index (χ0n) is 14.4. The topological polar surface area (TPSA) is 67.2 Å². The molecule has 2 aromatic rings. The van der Waals surface area contributed by atoms with Crippen LogP contribution >= 0.6 is 0 Å². The first kappa shape index (κ1) is 16.2. The Balaban J connectivity index is 1.37. The summed E-state index contributed by atoms with van der Waals surface area (Å²) in [6.45, 7) is 4.19. The van der Waals surface area contributed by atoms with Gasteiger partial charge >= 0.3 is 0 Å². The number of benzene rings is 1. The number of nitrogens with zero attached hydrogens (tertiary/aromatic N) is 6. The van der Waals surface area contributed by atoms with Gasteiger partial charge in [-0.05, 0) is 44.0 Å². The quantitative estimate of drug-likeness (QED) is 0.842. The summed E-state index contributed by atoms with van der Waals surface area (Å²) in [7, 11) is 0. The molecule has 132 valence electrons. The molecule has 0 unspecified atom stereocenters. The Bertz CT molecular complexity index is 709. The Morgan fingerprint density at radius 2 is 1.88 bits per heavy atom. The lowest BCUT2D eigenvalue weighted by atomic mass is 10.0. The normalized spacial score (nSPS) is 21.6. The van der Waals surface area contributed by atoms with Crippen LogP contribution < -0.4 is 0 Å². The molecule has 1 aromatic heterocycles. The highest BCUT2D eigenvalue weighted by atomic mass is 16.2. The number of aromatic nitrogens is 4. The second-order valence-corrected chi connectivity index (χ2v) is 6.89. The first-order chi connectivity index (χ1) is 12.3. The summed E-state index contributed by atoms with van der Waals surface area (Å²) >= 11 is 0. The molecule has 0 spiro atoms. The number of hydrogen-bond acceptors (Lipinski definition) is 5. The molecular weight excluding hydrogens is 316 g/mol. The number of amides is 1. The standard InChI is InChI=1S/C18H24N6O/c25-17(23-12-6-9-16(13-23)22-10-4-5-11-22)14-24-20-18(19-21-24)15-7-2-1-3-8-15/h1-3,7-8,16H,4-6,9-14H2/t16-/m1/s1. The van der Waals surface area contributed by atoms with Gasteiger partial charge in [-0.3, -0.25) is 9.69 Å². The zero-order valence-corrected chi connectivity index (χ0v) is 14.4. The van der Waals surface area contributed by atoms with Gasteiger partial charge in [0.1, 0.15) is 6.54 Å². The summed E-state index contributed by atoms with van der Waals surface area (Å²) < 4.78 is 0. The highest BCUT2D eigenvalue weighted by Gasteiger charge is 2.29. The molecule has 7 nitrogen and oxygen atoms in total. The molecular formula is C18H24N6O. The van der Waals surface area contributed by atoms with Gasteiger partial charge in [-0.1, -0.05) is 30.3 Å². The number of piperidine rings is 1. The Morgan fingerprint density at radius 1 is 1.08 bits per heavy atom. The van der Waals surface area contributed by atoms with Crippen molar-refractivity contribution in [3.05, 3.63) is 30.3 Å². The minimum absolute atomic E-state index is 0.0842. The predicted molar refractivity (Wildman–Crippen MR) is 93.7 cm³/mol. The van der Waals surface area contributed by atoms with Crippen molar-refractivity contribution in [2.75, 3.05) is 26.2 Å². The van der Waals surface area contributed by atoms with Gasteiger partial charge in [-0.25, -0.2) is 0 Å². The van der Waals surface area contributed by atoms with Crippen LogP contribution in [0.4, 0.5) is 0 Å². The second-order valence-electron chi connectivity index (χ2n) is 6.89. The minimum Gasteiger partial charge on any atom is -0.339 e. The molecule has 1 amide bonds. The van der Waals surface area contributed by atoms with Crippen LogP contribution in [0.3, 0.4) is 0 Å². The summed E-state index contributed by atoms with van der Waals surface area (Å²) in [5.41, 5.74) is 0.910. The third-order valence-corrected chi connectivity index (χ3v) is 5.17. The molecule has 1 aromatic carbocycles. The van der Waals surface area contributed by atoms with Gasteiger partial charge in [-0.15, -0.1) is 10.2 Å². The Morgan fingerprint density at radius 3 is 2.68 bits per heavy atom. The number of carbonyl (C=O) groups is 1. The number of hydrogen-bond donors (Lipinski definition) is 0. The van der Waals surface area contributed by atoms with E-state index in [1.54, 1.807) is 0 Å². The van der Waals surface area contributed by atoms with E-state index in [1.165, 1.54) is 37.1 Å². The summed E-state index contributed by atoms with van der Waals surface area (Å²) in [4.78, 5) is 18.6. The molecule has 25 heavy (non-hydrogen) atoms. The number of tetrazole rings is 1. The molecule has 0 saturated carbocycles. The Kier molecular flexibility index (Phi) is 4.74. The maximum Gasteiger partial charge on any atom is 0.246 e. The van der Waals surface area contributed by atoms with Crippen molar-refractivity contribution < 1.29 is 4.79 Å². The fourth-order valence-electron chi connectivity index (χ4n) is 3.82. The fraction of sp³-hybridized carbons (Fsp3) is 0.556.